The van der Waals surface area contributed by atoms with Crippen molar-refractivity contribution in [3.8, 4) is 0 Å². The van der Waals surface area contributed by atoms with E-state index in [4.69, 9.17) is 14.9 Å². The quantitative estimate of drug-likeness (QED) is 0.694. The highest BCUT2D eigenvalue weighted by Gasteiger charge is 2.19. The number of nitrogens with zero attached hydrogens (tertiary/aromatic N) is 1. The summed E-state index contributed by atoms with van der Waals surface area (Å²) in [5.74, 6) is 0.179. The van der Waals surface area contributed by atoms with E-state index in [0.29, 0.717) is 18.9 Å². The zero-order chi connectivity index (χ0) is 14.1. The molecular formula is C13H27NO4. The Kier molecular flexibility index (Phi) is 8.75. The van der Waals surface area contributed by atoms with Crippen LogP contribution in [0.15, 0.2) is 0 Å². The Hall–Kier alpha value is -0.810. The molecule has 0 fully saturated rings. The molecule has 0 aliphatic carbocycles. The second-order valence-electron chi connectivity index (χ2n) is 5.27. The van der Waals surface area contributed by atoms with E-state index in [9.17, 15) is 4.79 Å². The summed E-state index contributed by atoms with van der Waals surface area (Å²) in [6.07, 6.45) is 0.153. The number of hydrogen-bond donors (Lipinski definition) is 2. The second-order valence-corrected chi connectivity index (χ2v) is 5.27. The second kappa shape index (κ2) is 9.16. The topological polar surface area (TPSA) is 70.0 Å². The normalized spacial score (nSPS) is 11.4. The summed E-state index contributed by atoms with van der Waals surface area (Å²) >= 11 is 0. The van der Waals surface area contributed by atoms with Gasteiger partial charge in [-0.3, -0.25) is 0 Å². The highest BCUT2D eigenvalue weighted by molar-refractivity contribution is 5.67. The van der Waals surface area contributed by atoms with Crippen molar-refractivity contribution < 1.29 is 19.7 Å². The zero-order valence-electron chi connectivity index (χ0n) is 11.9. The summed E-state index contributed by atoms with van der Waals surface area (Å²) in [5, 5.41) is 17.8. The van der Waals surface area contributed by atoms with Gasteiger partial charge in [0.15, 0.2) is 0 Å². The molecule has 108 valence electrons. The van der Waals surface area contributed by atoms with Crippen molar-refractivity contribution in [2.24, 2.45) is 11.8 Å². The first kappa shape index (κ1) is 17.2. The third-order valence-electron chi connectivity index (χ3n) is 2.69. The van der Waals surface area contributed by atoms with E-state index < -0.39 is 0 Å². The van der Waals surface area contributed by atoms with Gasteiger partial charge >= 0.3 is 6.09 Å². The van der Waals surface area contributed by atoms with E-state index in [-0.39, 0.29) is 37.9 Å². The Balaban J connectivity index is 4.10. The minimum absolute atomic E-state index is 0.0893. The lowest BCUT2D eigenvalue weighted by Gasteiger charge is -2.27. The van der Waals surface area contributed by atoms with E-state index in [2.05, 4.69) is 13.8 Å². The number of ether oxygens (including phenoxy) is 1. The number of aliphatic hydroxyl groups excluding tert-OH is 2. The molecule has 5 nitrogen and oxygen atoms in total. The van der Waals surface area contributed by atoms with Crippen LogP contribution in [0.3, 0.4) is 0 Å². The van der Waals surface area contributed by atoms with Gasteiger partial charge in [-0.1, -0.05) is 13.8 Å². The van der Waals surface area contributed by atoms with E-state index >= 15 is 0 Å². The summed E-state index contributed by atoms with van der Waals surface area (Å²) in [5.41, 5.74) is 0. The fourth-order valence-corrected chi connectivity index (χ4v) is 1.53. The van der Waals surface area contributed by atoms with Gasteiger partial charge in [0.25, 0.3) is 0 Å². The van der Waals surface area contributed by atoms with Gasteiger partial charge in [-0.25, -0.2) is 4.79 Å². The number of amides is 1. The molecule has 1 amide bonds. The maximum atomic E-state index is 11.9. The summed E-state index contributed by atoms with van der Waals surface area (Å²) in [7, 11) is 0. The molecule has 0 heterocycles. The summed E-state index contributed by atoms with van der Waals surface area (Å²) in [6, 6.07) is 0.103. The smallest absolute Gasteiger partial charge is 0.409 e. The summed E-state index contributed by atoms with van der Waals surface area (Å²) in [6.45, 7) is 8.72. The van der Waals surface area contributed by atoms with E-state index in [0.717, 1.165) is 0 Å². The minimum Gasteiger partial charge on any atom is -0.449 e. The van der Waals surface area contributed by atoms with Crippen LogP contribution in [0.25, 0.3) is 0 Å². The molecule has 0 aromatic rings. The number of hydrogen-bond acceptors (Lipinski definition) is 4. The van der Waals surface area contributed by atoms with Gasteiger partial charge in [-0.2, -0.15) is 0 Å². The third kappa shape index (κ3) is 6.81. The first-order chi connectivity index (χ1) is 8.42. The Morgan fingerprint density at radius 2 is 1.72 bits per heavy atom. The SMILES string of the molecule is CC(C)CN(C(=O)OCCC(CO)CO)C(C)C. The van der Waals surface area contributed by atoms with Gasteiger partial charge in [0.2, 0.25) is 0 Å². The fourth-order valence-electron chi connectivity index (χ4n) is 1.53. The number of rotatable bonds is 8. The zero-order valence-corrected chi connectivity index (χ0v) is 11.9. The number of carbonyl (C=O) groups excluding carboxylic acids is 1. The van der Waals surface area contributed by atoms with Gasteiger partial charge in [0.05, 0.1) is 6.61 Å². The summed E-state index contributed by atoms with van der Waals surface area (Å²) in [4.78, 5) is 13.5. The van der Waals surface area contributed by atoms with Crippen molar-refractivity contribution in [1.29, 1.82) is 0 Å². The van der Waals surface area contributed by atoms with Crippen LogP contribution in [-0.4, -0.2) is 53.6 Å². The van der Waals surface area contributed by atoms with Crippen molar-refractivity contribution in [2.45, 2.75) is 40.2 Å². The van der Waals surface area contributed by atoms with Crippen molar-refractivity contribution in [3.63, 3.8) is 0 Å². The van der Waals surface area contributed by atoms with Crippen molar-refractivity contribution in [1.82, 2.24) is 4.90 Å². The van der Waals surface area contributed by atoms with Crippen LogP contribution in [0.5, 0.6) is 0 Å². The Labute approximate surface area is 110 Å². The molecule has 0 rings (SSSR count). The molecule has 2 N–H and O–H groups in total. The summed E-state index contributed by atoms with van der Waals surface area (Å²) < 4.78 is 5.17. The maximum Gasteiger partial charge on any atom is 0.409 e. The van der Waals surface area contributed by atoms with Gasteiger partial charge in [0, 0.05) is 31.7 Å². The van der Waals surface area contributed by atoms with Gasteiger partial charge in [-0.15, -0.1) is 0 Å². The fraction of sp³-hybridized carbons (Fsp3) is 0.923. The molecule has 0 spiro atoms. The Morgan fingerprint density at radius 1 is 1.17 bits per heavy atom. The number of aliphatic hydroxyl groups is 2. The lowest BCUT2D eigenvalue weighted by Crippen LogP contribution is -2.40. The van der Waals surface area contributed by atoms with Crippen LogP contribution in [-0.2, 0) is 4.74 Å². The molecule has 5 heteroatoms. The lowest BCUT2D eigenvalue weighted by atomic mass is 10.1. The predicted molar refractivity (Wildman–Crippen MR) is 70.3 cm³/mol. The van der Waals surface area contributed by atoms with Crippen LogP contribution in [0, 0.1) is 11.8 Å². The molecule has 0 bridgehead atoms. The molecule has 0 unspecified atom stereocenters. The largest absolute Gasteiger partial charge is 0.449 e. The van der Waals surface area contributed by atoms with Crippen molar-refractivity contribution in [3.05, 3.63) is 0 Å². The molecule has 0 saturated carbocycles. The van der Waals surface area contributed by atoms with Crippen molar-refractivity contribution in [2.75, 3.05) is 26.4 Å². The van der Waals surface area contributed by atoms with Crippen LogP contribution < -0.4 is 0 Å². The minimum atomic E-state index is -0.326. The standard InChI is InChI=1S/C13H27NO4/c1-10(2)7-14(11(3)4)13(17)18-6-5-12(8-15)9-16/h10-12,15-16H,5-9H2,1-4H3. The molecule has 18 heavy (non-hydrogen) atoms. The van der Waals surface area contributed by atoms with Crippen LogP contribution in [0.4, 0.5) is 4.79 Å². The Morgan fingerprint density at radius 3 is 2.11 bits per heavy atom. The number of carbonyl (C=O) groups is 1. The first-order valence-electron chi connectivity index (χ1n) is 6.57. The lowest BCUT2D eigenvalue weighted by molar-refractivity contribution is 0.0698. The van der Waals surface area contributed by atoms with Gasteiger partial charge in [0.1, 0.15) is 0 Å². The highest BCUT2D eigenvalue weighted by Crippen LogP contribution is 2.08. The average molecular weight is 261 g/mol. The molecule has 0 aromatic heterocycles. The average Bonchev–Trinajstić information content (AvgIpc) is 2.30. The van der Waals surface area contributed by atoms with Crippen LogP contribution in [0.1, 0.15) is 34.1 Å². The molecule has 0 atom stereocenters. The molecule has 0 aliphatic rings. The van der Waals surface area contributed by atoms with E-state index in [1.807, 2.05) is 13.8 Å². The maximum absolute atomic E-state index is 11.9. The van der Waals surface area contributed by atoms with E-state index in [1.54, 1.807) is 4.90 Å². The van der Waals surface area contributed by atoms with Gasteiger partial charge < -0.3 is 19.8 Å². The molecule has 0 saturated heterocycles. The first-order valence-corrected chi connectivity index (χ1v) is 6.57. The van der Waals surface area contributed by atoms with Crippen LogP contribution in [0.2, 0.25) is 0 Å². The van der Waals surface area contributed by atoms with Crippen molar-refractivity contribution >= 4 is 6.09 Å². The van der Waals surface area contributed by atoms with Gasteiger partial charge in [-0.05, 0) is 26.2 Å². The van der Waals surface area contributed by atoms with Crippen LogP contribution >= 0.6 is 0 Å². The molecule has 0 radical (unpaired) electrons. The molecule has 0 aliphatic heterocycles. The predicted octanol–water partition coefficient (Wildman–Crippen LogP) is 1.48. The van der Waals surface area contributed by atoms with E-state index in [1.165, 1.54) is 0 Å². The third-order valence-corrected chi connectivity index (χ3v) is 2.69. The highest BCUT2D eigenvalue weighted by atomic mass is 16.6. The molecular weight excluding hydrogens is 234 g/mol. The monoisotopic (exact) mass is 261 g/mol. The molecule has 0 aromatic carbocycles. The Bertz CT molecular complexity index is 227.